The minimum absolute atomic E-state index is 0.181. The Balaban J connectivity index is 1.59. The number of nitrogens with zero attached hydrogens (tertiary/aromatic N) is 1. The zero-order valence-electron chi connectivity index (χ0n) is 17.2. The Morgan fingerprint density at radius 2 is 1.82 bits per heavy atom. The second-order valence-corrected chi connectivity index (χ2v) is 7.03. The van der Waals surface area contributed by atoms with E-state index < -0.39 is 12.1 Å². The molecule has 0 atom stereocenters. The van der Waals surface area contributed by atoms with E-state index in [1.165, 1.54) is 12.1 Å². The van der Waals surface area contributed by atoms with Gasteiger partial charge in [-0.05, 0) is 54.3 Å². The lowest BCUT2D eigenvalue weighted by atomic mass is 10.0. The van der Waals surface area contributed by atoms with Crippen molar-refractivity contribution in [1.29, 1.82) is 5.41 Å². The number of nitrogen functional groups attached to an aromatic ring is 1. The fraction of sp³-hybridized carbons (Fsp3) is 0.182. The number of nitrogens with two attached hydrogens (primary N) is 1. The van der Waals surface area contributed by atoms with Gasteiger partial charge in [0.2, 0.25) is 0 Å². The number of hydrogen-bond acceptors (Lipinski definition) is 5. The van der Waals surface area contributed by atoms with Gasteiger partial charge in [0.15, 0.2) is 0 Å². The van der Waals surface area contributed by atoms with Crippen LogP contribution in [0.25, 0.3) is 11.3 Å². The summed E-state index contributed by atoms with van der Waals surface area (Å²) in [6, 6.07) is 10.7. The Hall–Kier alpha value is -4.15. The molecule has 5 N–H and O–H groups in total. The standard InChI is InChI=1S/C22H20F3N5O3/c23-22(24,25)21(32)33-18-8-7-16(19(26)27)10-15(18)2-1-9-29-20(31)14-5-3-13(4-6-14)17-11-28-12-30-17/h3-8,10-12H,1-2,9H2,(H3,26,27)(H,28,30)(H,29,31). The molecule has 2 aromatic carbocycles. The summed E-state index contributed by atoms with van der Waals surface area (Å²) >= 11 is 0. The summed E-state index contributed by atoms with van der Waals surface area (Å²) in [5, 5.41) is 10.2. The number of esters is 1. The molecule has 0 aliphatic heterocycles. The van der Waals surface area contributed by atoms with E-state index >= 15 is 0 Å². The molecule has 1 heterocycles. The summed E-state index contributed by atoms with van der Waals surface area (Å²) in [6.07, 6.45) is -1.40. The number of carbonyl (C=O) groups excluding carboxylic acids is 2. The van der Waals surface area contributed by atoms with Gasteiger partial charge in [-0.2, -0.15) is 13.2 Å². The number of nitrogens with one attached hydrogen (secondary N) is 3. The minimum Gasteiger partial charge on any atom is -0.420 e. The minimum atomic E-state index is -5.14. The molecule has 0 aliphatic carbocycles. The summed E-state index contributed by atoms with van der Waals surface area (Å²) in [7, 11) is 0. The van der Waals surface area contributed by atoms with Crippen molar-refractivity contribution in [1.82, 2.24) is 15.3 Å². The number of carbonyl (C=O) groups is 2. The van der Waals surface area contributed by atoms with Crippen LogP contribution in [0.15, 0.2) is 55.0 Å². The van der Waals surface area contributed by atoms with E-state index in [2.05, 4.69) is 20.0 Å². The predicted molar refractivity (Wildman–Crippen MR) is 114 cm³/mol. The molecule has 1 amide bonds. The third-order valence-corrected chi connectivity index (χ3v) is 4.67. The maximum Gasteiger partial charge on any atom is 0.491 e. The molecule has 33 heavy (non-hydrogen) atoms. The summed E-state index contributed by atoms with van der Waals surface area (Å²) in [5.74, 6) is -3.21. The van der Waals surface area contributed by atoms with Crippen LogP contribution in [0.2, 0.25) is 0 Å². The van der Waals surface area contributed by atoms with Crippen molar-refractivity contribution < 1.29 is 27.5 Å². The summed E-state index contributed by atoms with van der Waals surface area (Å²) in [6.45, 7) is 0.220. The zero-order valence-corrected chi connectivity index (χ0v) is 17.2. The van der Waals surface area contributed by atoms with Crippen molar-refractivity contribution in [2.24, 2.45) is 5.73 Å². The number of H-pyrrole nitrogens is 1. The van der Waals surface area contributed by atoms with E-state index in [-0.39, 0.29) is 41.6 Å². The van der Waals surface area contributed by atoms with Crippen molar-refractivity contribution >= 4 is 17.7 Å². The van der Waals surface area contributed by atoms with Crippen LogP contribution < -0.4 is 15.8 Å². The van der Waals surface area contributed by atoms with Crippen LogP contribution in [-0.2, 0) is 11.2 Å². The SMILES string of the molecule is N=C(N)c1ccc(OC(=O)C(F)(F)F)c(CCCNC(=O)c2ccc(-c3cnc[nH]3)cc2)c1. The van der Waals surface area contributed by atoms with E-state index in [1.54, 1.807) is 36.8 Å². The molecule has 0 aliphatic rings. The fourth-order valence-electron chi connectivity index (χ4n) is 3.00. The van der Waals surface area contributed by atoms with Gasteiger partial charge in [-0.3, -0.25) is 10.2 Å². The number of aromatic amines is 1. The first-order chi connectivity index (χ1) is 15.6. The van der Waals surface area contributed by atoms with E-state index in [0.29, 0.717) is 12.0 Å². The molecule has 0 spiro atoms. The van der Waals surface area contributed by atoms with E-state index in [0.717, 1.165) is 17.3 Å². The largest absolute Gasteiger partial charge is 0.491 e. The average Bonchev–Trinajstić information content (AvgIpc) is 3.31. The quantitative estimate of drug-likeness (QED) is 0.135. The number of aryl methyl sites for hydroxylation is 1. The highest BCUT2D eigenvalue weighted by Gasteiger charge is 2.41. The molecule has 172 valence electrons. The zero-order chi connectivity index (χ0) is 24.0. The van der Waals surface area contributed by atoms with Crippen molar-refractivity contribution in [3.8, 4) is 17.0 Å². The number of amidine groups is 1. The summed E-state index contributed by atoms with van der Waals surface area (Å²) < 4.78 is 42.1. The monoisotopic (exact) mass is 459 g/mol. The second kappa shape index (κ2) is 9.98. The molecule has 1 aromatic heterocycles. The van der Waals surface area contributed by atoms with Gasteiger partial charge in [-0.25, -0.2) is 9.78 Å². The number of halogens is 3. The van der Waals surface area contributed by atoms with Gasteiger partial charge in [0.25, 0.3) is 5.91 Å². The van der Waals surface area contributed by atoms with Crippen molar-refractivity contribution in [2.45, 2.75) is 19.0 Å². The van der Waals surface area contributed by atoms with E-state index in [9.17, 15) is 22.8 Å². The Morgan fingerprint density at radius 3 is 2.42 bits per heavy atom. The highest BCUT2D eigenvalue weighted by atomic mass is 19.4. The van der Waals surface area contributed by atoms with Crippen LogP contribution in [0.1, 0.15) is 27.9 Å². The maximum atomic E-state index is 12.6. The highest BCUT2D eigenvalue weighted by Crippen LogP contribution is 2.25. The molecular weight excluding hydrogens is 439 g/mol. The number of rotatable bonds is 8. The van der Waals surface area contributed by atoms with Gasteiger partial charge < -0.3 is 20.8 Å². The van der Waals surface area contributed by atoms with Crippen LogP contribution in [0, 0.1) is 5.41 Å². The number of amides is 1. The topological polar surface area (TPSA) is 134 Å². The Kier molecular flexibility index (Phi) is 7.11. The van der Waals surface area contributed by atoms with Crippen LogP contribution >= 0.6 is 0 Å². The first-order valence-electron chi connectivity index (χ1n) is 9.78. The normalized spacial score (nSPS) is 11.1. The lowest BCUT2D eigenvalue weighted by molar-refractivity contribution is -0.189. The predicted octanol–water partition coefficient (Wildman–Crippen LogP) is 3.19. The third-order valence-electron chi connectivity index (χ3n) is 4.67. The number of hydrogen-bond donors (Lipinski definition) is 4. The first kappa shape index (κ1) is 23.5. The van der Waals surface area contributed by atoms with Gasteiger partial charge in [0.1, 0.15) is 11.6 Å². The molecule has 0 saturated heterocycles. The van der Waals surface area contributed by atoms with Gasteiger partial charge in [-0.15, -0.1) is 0 Å². The molecular formula is C22H20F3N5O3. The highest BCUT2D eigenvalue weighted by molar-refractivity contribution is 5.95. The molecule has 0 saturated carbocycles. The Bertz CT molecular complexity index is 1140. The Labute approximate surface area is 186 Å². The fourth-order valence-corrected chi connectivity index (χ4v) is 3.00. The number of ether oxygens (including phenoxy) is 1. The van der Waals surface area contributed by atoms with Crippen LogP contribution in [0.5, 0.6) is 5.75 Å². The summed E-state index contributed by atoms with van der Waals surface area (Å²) in [5.41, 5.74) is 8.10. The molecule has 0 radical (unpaired) electrons. The average molecular weight is 459 g/mol. The lowest BCUT2D eigenvalue weighted by Gasteiger charge is -2.13. The molecule has 0 bridgehead atoms. The van der Waals surface area contributed by atoms with E-state index in [1.807, 2.05) is 0 Å². The molecule has 0 fully saturated rings. The first-order valence-corrected chi connectivity index (χ1v) is 9.78. The van der Waals surface area contributed by atoms with Gasteiger partial charge >= 0.3 is 12.1 Å². The number of imidazole rings is 1. The van der Waals surface area contributed by atoms with Gasteiger partial charge in [0.05, 0.1) is 18.2 Å². The van der Waals surface area contributed by atoms with Crippen molar-refractivity contribution in [3.63, 3.8) is 0 Å². The maximum absolute atomic E-state index is 12.6. The molecule has 3 rings (SSSR count). The number of alkyl halides is 3. The van der Waals surface area contributed by atoms with Crippen molar-refractivity contribution in [3.05, 3.63) is 71.7 Å². The Morgan fingerprint density at radius 1 is 1.12 bits per heavy atom. The second-order valence-electron chi connectivity index (χ2n) is 7.03. The van der Waals surface area contributed by atoms with Crippen LogP contribution in [0.3, 0.4) is 0 Å². The third kappa shape index (κ3) is 6.19. The van der Waals surface area contributed by atoms with Crippen molar-refractivity contribution in [2.75, 3.05) is 6.54 Å². The smallest absolute Gasteiger partial charge is 0.420 e. The molecule has 3 aromatic rings. The van der Waals surface area contributed by atoms with Gasteiger partial charge in [0, 0.05) is 17.7 Å². The molecule has 11 heteroatoms. The summed E-state index contributed by atoms with van der Waals surface area (Å²) in [4.78, 5) is 30.5. The lowest BCUT2D eigenvalue weighted by Crippen LogP contribution is -2.28. The van der Waals surface area contributed by atoms with E-state index in [4.69, 9.17) is 11.1 Å². The van der Waals surface area contributed by atoms with Gasteiger partial charge in [-0.1, -0.05) is 12.1 Å². The number of aromatic nitrogens is 2. The van der Waals surface area contributed by atoms with Crippen LogP contribution in [0.4, 0.5) is 13.2 Å². The molecule has 0 unspecified atom stereocenters. The molecule has 8 nitrogen and oxygen atoms in total. The number of benzene rings is 2. The van der Waals surface area contributed by atoms with Crippen LogP contribution in [-0.4, -0.2) is 40.4 Å².